The molecule has 0 bridgehead atoms. The highest BCUT2D eigenvalue weighted by atomic mass is 35.5. The van der Waals surface area contributed by atoms with Crippen molar-refractivity contribution >= 4 is 29.5 Å². The molecular formula is C22H21ClN2O2. The molecule has 0 aromatic heterocycles. The molecule has 27 heavy (non-hydrogen) atoms. The van der Waals surface area contributed by atoms with Gasteiger partial charge in [-0.05, 0) is 54.8 Å². The van der Waals surface area contributed by atoms with Crippen LogP contribution in [0.3, 0.4) is 0 Å². The lowest BCUT2D eigenvalue weighted by Gasteiger charge is -2.29. The van der Waals surface area contributed by atoms with Gasteiger partial charge in [0.05, 0.1) is 6.54 Å². The van der Waals surface area contributed by atoms with Crippen molar-refractivity contribution in [2.45, 2.75) is 12.8 Å². The topological polar surface area (TPSA) is 41.9 Å². The van der Waals surface area contributed by atoms with Gasteiger partial charge >= 0.3 is 0 Å². The van der Waals surface area contributed by atoms with Crippen LogP contribution < -0.4 is 0 Å². The normalized spacial score (nSPS) is 18.3. The van der Waals surface area contributed by atoms with Crippen LogP contribution in [-0.2, 0) is 4.74 Å². The Morgan fingerprint density at radius 2 is 1.89 bits per heavy atom. The van der Waals surface area contributed by atoms with Gasteiger partial charge in [0.1, 0.15) is 6.61 Å². The second-order valence-electron chi connectivity index (χ2n) is 6.80. The van der Waals surface area contributed by atoms with Gasteiger partial charge in [0, 0.05) is 29.2 Å². The van der Waals surface area contributed by atoms with Crippen LogP contribution in [0.4, 0.5) is 0 Å². The number of halogens is 1. The minimum Gasteiger partial charge on any atom is -0.476 e. The van der Waals surface area contributed by atoms with Gasteiger partial charge in [-0.15, -0.1) is 0 Å². The van der Waals surface area contributed by atoms with Crippen LogP contribution in [0.25, 0.3) is 6.08 Å². The van der Waals surface area contributed by atoms with Gasteiger partial charge in [-0.2, -0.15) is 0 Å². The Bertz CT molecular complexity index is 886. The molecule has 0 spiro atoms. The standard InChI is InChI=1S/C22H21ClN2O2/c23-20-9-7-19(8-10-20)22(26)25-12-1-2-17(15-25)14-16-3-5-18(6-4-16)21-24-11-13-27-21/h3-10,14H,1-2,11-13,15H2/b17-14-. The summed E-state index contributed by atoms with van der Waals surface area (Å²) in [6.07, 6.45) is 4.18. The molecule has 0 unspecified atom stereocenters. The summed E-state index contributed by atoms with van der Waals surface area (Å²) in [5.41, 5.74) is 4.10. The number of hydrogen-bond donors (Lipinski definition) is 0. The van der Waals surface area contributed by atoms with Gasteiger partial charge in [0.15, 0.2) is 0 Å². The third kappa shape index (κ3) is 4.22. The van der Waals surface area contributed by atoms with Crippen molar-refractivity contribution in [3.8, 4) is 0 Å². The Hall–Kier alpha value is -2.59. The highest BCUT2D eigenvalue weighted by Gasteiger charge is 2.20. The first-order valence-corrected chi connectivity index (χ1v) is 9.59. The maximum absolute atomic E-state index is 12.7. The Morgan fingerprint density at radius 3 is 2.59 bits per heavy atom. The molecule has 0 saturated carbocycles. The Kier molecular flexibility index (Phi) is 5.26. The van der Waals surface area contributed by atoms with Crippen molar-refractivity contribution < 1.29 is 9.53 Å². The molecule has 5 heteroatoms. The minimum absolute atomic E-state index is 0.0593. The molecule has 2 aromatic rings. The van der Waals surface area contributed by atoms with Gasteiger partial charge in [-0.1, -0.05) is 35.4 Å². The molecule has 0 radical (unpaired) electrons. The molecule has 2 aromatic carbocycles. The van der Waals surface area contributed by atoms with E-state index in [9.17, 15) is 4.79 Å². The number of hydrogen-bond acceptors (Lipinski definition) is 3. The molecule has 2 aliphatic heterocycles. The van der Waals surface area contributed by atoms with E-state index in [2.05, 4.69) is 23.2 Å². The Labute approximate surface area is 164 Å². The van der Waals surface area contributed by atoms with Crippen LogP contribution in [0, 0.1) is 0 Å². The number of piperidine rings is 1. The van der Waals surface area contributed by atoms with E-state index < -0.39 is 0 Å². The van der Waals surface area contributed by atoms with Crippen molar-refractivity contribution in [2.24, 2.45) is 4.99 Å². The maximum Gasteiger partial charge on any atom is 0.254 e. The molecule has 2 aliphatic rings. The lowest BCUT2D eigenvalue weighted by atomic mass is 10.0. The van der Waals surface area contributed by atoms with Gasteiger partial charge in [0.25, 0.3) is 5.91 Å². The second-order valence-corrected chi connectivity index (χ2v) is 7.23. The molecule has 1 saturated heterocycles. The molecule has 0 atom stereocenters. The monoisotopic (exact) mass is 380 g/mol. The molecule has 4 rings (SSSR count). The van der Waals surface area contributed by atoms with E-state index >= 15 is 0 Å². The summed E-state index contributed by atoms with van der Waals surface area (Å²) in [6, 6.07) is 15.3. The smallest absolute Gasteiger partial charge is 0.254 e. The Morgan fingerprint density at radius 1 is 1.11 bits per heavy atom. The molecule has 4 nitrogen and oxygen atoms in total. The fourth-order valence-electron chi connectivity index (χ4n) is 3.43. The number of carbonyl (C=O) groups excluding carboxylic acids is 1. The van der Waals surface area contributed by atoms with E-state index in [1.807, 2.05) is 17.0 Å². The van der Waals surface area contributed by atoms with E-state index in [0.29, 0.717) is 23.7 Å². The van der Waals surface area contributed by atoms with Crippen LogP contribution in [0.15, 0.2) is 59.1 Å². The molecule has 0 N–H and O–H groups in total. The summed E-state index contributed by atoms with van der Waals surface area (Å²) in [7, 11) is 0. The van der Waals surface area contributed by atoms with Crippen LogP contribution in [0.1, 0.15) is 34.3 Å². The summed E-state index contributed by atoms with van der Waals surface area (Å²) in [5.74, 6) is 0.788. The summed E-state index contributed by atoms with van der Waals surface area (Å²) >= 11 is 5.92. The summed E-state index contributed by atoms with van der Waals surface area (Å²) in [4.78, 5) is 19.0. The summed E-state index contributed by atoms with van der Waals surface area (Å²) in [6.45, 7) is 2.85. The van der Waals surface area contributed by atoms with Crippen molar-refractivity contribution in [1.29, 1.82) is 0 Å². The predicted octanol–water partition coefficient (Wildman–Crippen LogP) is 4.44. The highest BCUT2D eigenvalue weighted by molar-refractivity contribution is 6.30. The first-order valence-electron chi connectivity index (χ1n) is 9.21. The quantitative estimate of drug-likeness (QED) is 0.790. The number of amides is 1. The average Bonchev–Trinajstić information content (AvgIpc) is 3.24. The number of nitrogens with zero attached hydrogens (tertiary/aromatic N) is 2. The first kappa shape index (κ1) is 17.8. The molecular weight excluding hydrogens is 360 g/mol. The largest absolute Gasteiger partial charge is 0.476 e. The second kappa shape index (κ2) is 7.97. The fourth-order valence-corrected chi connectivity index (χ4v) is 3.56. The highest BCUT2D eigenvalue weighted by Crippen LogP contribution is 2.21. The lowest BCUT2D eigenvalue weighted by Crippen LogP contribution is -2.36. The van der Waals surface area contributed by atoms with Gasteiger partial charge in [-0.3, -0.25) is 4.79 Å². The predicted molar refractivity (Wildman–Crippen MR) is 108 cm³/mol. The number of rotatable bonds is 3. The third-order valence-electron chi connectivity index (χ3n) is 4.81. The zero-order chi connectivity index (χ0) is 18.6. The van der Waals surface area contributed by atoms with Crippen LogP contribution >= 0.6 is 11.6 Å². The number of ether oxygens (including phenoxy) is 1. The van der Waals surface area contributed by atoms with Crippen LogP contribution in [-0.4, -0.2) is 42.9 Å². The van der Waals surface area contributed by atoms with Crippen LogP contribution in [0.2, 0.25) is 5.02 Å². The molecule has 138 valence electrons. The van der Waals surface area contributed by atoms with Gasteiger partial charge < -0.3 is 9.64 Å². The lowest BCUT2D eigenvalue weighted by molar-refractivity contribution is 0.0753. The summed E-state index contributed by atoms with van der Waals surface area (Å²) < 4.78 is 5.50. The Balaban J connectivity index is 1.45. The number of likely N-dealkylation sites (tertiary alicyclic amines) is 1. The van der Waals surface area contributed by atoms with Crippen molar-refractivity contribution in [1.82, 2.24) is 4.90 Å². The molecule has 1 amide bonds. The van der Waals surface area contributed by atoms with Crippen molar-refractivity contribution in [2.75, 3.05) is 26.2 Å². The zero-order valence-electron chi connectivity index (χ0n) is 15.0. The molecule has 2 heterocycles. The van der Waals surface area contributed by atoms with E-state index in [1.165, 1.54) is 5.57 Å². The maximum atomic E-state index is 12.7. The third-order valence-corrected chi connectivity index (χ3v) is 5.06. The van der Waals surface area contributed by atoms with Crippen molar-refractivity contribution in [3.05, 3.63) is 75.8 Å². The number of benzene rings is 2. The first-order chi connectivity index (χ1) is 13.2. The minimum atomic E-state index is 0.0593. The number of carbonyl (C=O) groups is 1. The fraction of sp³-hybridized carbons (Fsp3) is 0.273. The molecule has 0 aliphatic carbocycles. The summed E-state index contributed by atoms with van der Waals surface area (Å²) in [5, 5.41) is 0.642. The van der Waals surface area contributed by atoms with Crippen LogP contribution in [0.5, 0.6) is 0 Å². The zero-order valence-corrected chi connectivity index (χ0v) is 15.8. The SMILES string of the molecule is O=C(c1ccc(Cl)cc1)N1CCC/C(=C/c2ccc(C3=NCCO3)cc2)C1. The van der Waals surface area contributed by atoms with E-state index in [-0.39, 0.29) is 5.91 Å². The van der Waals surface area contributed by atoms with E-state index in [0.717, 1.165) is 43.0 Å². The molecule has 1 fully saturated rings. The van der Waals surface area contributed by atoms with Crippen molar-refractivity contribution in [3.63, 3.8) is 0 Å². The average molecular weight is 381 g/mol. The van der Waals surface area contributed by atoms with E-state index in [4.69, 9.17) is 16.3 Å². The van der Waals surface area contributed by atoms with Gasteiger partial charge in [-0.25, -0.2) is 4.99 Å². The van der Waals surface area contributed by atoms with E-state index in [1.54, 1.807) is 24.3 Å². The number of aliphatic imine (C=N–C) groups is 1. The van der Waals surface area contributed by atoms with Gasteiger partial charge in [0.2, 0.25) is 5.90 Å².